The summed E-state index contributed by atoms with van der Waals surface area (Å²) in [6.07, 6.45) is -5.49. The fourth-order valence-corrected chi connectivity index (χ4v) is 4.15. The van der Waals surface area contributed by atoms with E-state index in [4.69, 9.17) is 0 Å². The summed E-state index contributed by atoms with van der Waals surface area (Å²) in [6.45, 7) is 2.57. The molecule has 0 radical (unpaired) electrons. The van der Waals surface area contributed by atoms with Crippen molar-refractivity contribution in [3.05, 3.63) is 53.7 Å². The van der Waals surface area contributed by atoms with Gasteiger partial charge in [0.05, 0.1) is 17.6 Å². The number of anilines is 2. The number of rotatable bonds is 7. The Labute approximate surface area is 192 Å². The average molecular weight is 482 g/mol. The molecule has 3 amide bonds. The maximum Gasteiger partial charge on any atom is 0.398 e. The first-order valence-corrected chi connectivity index (χ1v) is 10.7. The second kappa shape index (κ2) is 8.21. The van der Waals surface area contributed by atoms with E-state index in [-0.39, 0.29) is 36.5 Å². The molecule has 1 saturated heterocycles. The van der Waals surface area contributed by atoms with Crippen molar-refractivity contribution in [3.63, 3.8) is 0 Å². The standard InChI is InChI=1S/C23H23F5N4O2/c1-21(2)19(33)32(16-5-3-15(4-6-16)22(8-9-22)23(26,27)28)20(34)31(21)13-14-7-10-29-18(11-14)30-12-17(24)25/h3-7,10-11,17H,8-9,12-13H2,1-2H3,(H,29,30). The normalized spacial score (nSPS) is 19.2. The molecule has 11 heteroatoms. The molecule has 1 saturated carbocycles. The minimum Gasteiger partial charge on any atom is -0.364 e. The minimum atomic E-state index is -4.36. The molecule has 1 aromatic carbocycles. The maximum absolute atomic E-state index is 13.4. The van der Waals surface area contributed by atoms with E-state index in [0.717, 1.165) is 4.90 Å². The van der Waals surface area contributed by atoms with Crippen molar-refractivity contribution >= 4 is 23.4 Å². The highest BCUT2D eigenvalue weighted by Gasteiger charge is 2.64. The van der Waals surface area contributed by atoms with Crippen LogP contribution in [0.15, 0.2) is 42.6 Å². The minimum absolute atomic E-state index is 0.00915. The van der Waals surface area contributed by atoms with Crippen molar-refractivity contribution in [2.45, 2.75) is 56.8 Å². The van der Waals surface area contributed by atoms with Gasteiger partial charge in [-0.15, -0.1) is 0 Å². The van der Waals surface area contributed by atoms with Crippen LogP contribution in [0.1, 0.15) is 37.8 Å². The lowest BCUT2D eigenvalue weighted by Crippen LogP contribution is -2.43. The summed E-state index contributed by atoms with van der Waals surface area (Å²) in [7, 11) is 0. The van der Waals surface area contributed by atoms with Crippen LogP contribution in [0, 0.1) is 0 Å². The van der Waals surface area contributed by atoms with Gasteiger partial charge in [0.15, 0.2) is 0 Å². The molecule has 1 aliphatic carbocycles. The van der Waals surface area contributed by atoms with Crippen LogP contribution in [0.2, 0.25) is 0 Å². The Morgan fingerprint density at radius 2 is 1.74 bits per heavy atom. The molecule has 0 bridgehead atoms. The lowest BCUT2D eigenvalue weighted by molar-refractivity contribution is -0.160. The molecule has 34 heavy (non-hydrogen) atoms. The Hall–Kier alpha value is -3.24. The van der Waals surface area contributed by atoms with E-state index in [1.165, 1.54) is 41.4 Å². The lowest BCUT2D eigenvalue weighted by Gasteiger charge is -2.27. The zero-order valence-corrected chi connectivity index (χ0v) is 18.5. The number of imide groups is 1. The van der Waals surface area contributed by atoms with Crippen LogP contribution in [-0.4, -0.2) is 46.5 Å². The fraction of sp³-hybridized carbons (Fsp3) is 0.435. The Balaban J connectivity index is 1.55. The van der Waals surface area contributed by atoms with Crippen LogP contribution >= 0.6 is 0 Å². The molecule has 1 N–H and O–H groups in total. The number of amides is 3. The number of halogens is 5. The van der Waals surface area contributed by atoms with Gasteiger partial charge in [0.25, 0.3) is 12.3 Å². The van der Waals surface area contributed by atoms with Gasteiger partial charge in [-0.2, -0.15) is 13.2 Å². The van der Waals surface area contributed by atoms with Crippen LogP contribution in [0.3, 0.4) is 0 Å². The van der Waals surface area contributed by atoms with Crippen molar-refractivity contribution in [1.82, 2.24) is 9.88 Å². The zero-order chi connectivity index (χ0) is 24.9. The van der Waals surface area contributed by atoms with Gasteiger partial charge in [-0.1, -0.05) is 12.1 Å². The predicted molar refractivity (Wildman–Crippen MR) is 115 cm³/mol. The fourth-order valence-electron chi connectivity index (χ4n) is 4.15. The van der Waals surface area contributed by atoms with Gasteiger partial charge in [-0.05, 0) is 62.1 Å². The third kappa shape index (κ3) is 4.07. The van der Waals surface area contributed by atoms with E-state index in [1.807, 2.05) is 0 Å². The number of nitrogens with zero attached hydrogens (tertiary/aromatic N) is 3. The van der Waals surface area contributed by atoms with Crippen molar-refractivity contribution in [2.24, 2.45) is 0 Å². The number of aromatic nitrogens is 1. The van der Waals surface area contributed by atoms with Gasteiger partial charge in [0, 0.05) is 12.7 Å². The number of hydrogen-bond acceptors (Lipinski definition) is 4. The molecule has 4 rings (SSSR count). The van der Waals surface area contributed by atoms with Crippen molar-refractivity contribution in [1.29, 1.82) is 0 Å². The summed E-state index contributed by atoms with van der Waals surface area (Å²) >= 11 is 0. The molecule has 0 atom stereocenters. The summed E-state index contributed by atoms with van der Waals surface area (Å²) < 4.78 is 65.2. The smallest absolute Gasteiger partial charge is 0.364 e. The molecule has 182 valence electrons. The Morgan fingerprint density at radius 1 is 1.09 bits per heavy atom. The van der Waals surface area contributed by atoms with E-state index >= 15 is 0 Å². The topological polar surface area (TPSA) is 65.5 Å². The van der Waals surface area contributed by atoms with Gasteiger partial charge in [-0.25, -0.2) is 23.5 Å². The Morgan fingerprint density at radius 3 is 2.29 bits per heavy atom. The maximum atomic E-state index is 13.4. The van der Waals surface area contributed by atoms with Crippen LogP contribution in [0.5, 0.6) is 0 Å². The predicted octanol–water partition coefficient (Wildman–Crippen LogP) is 5.10. The van der Waals surface area contributed by atoms with Crippen LogP contribution < -0.4 is 10.2 Å². The summed E-state index contributed by atoms with van der Waals surface area (Å²) in [5.74, 6) is -0.313. The third-order valence-electron chi connectivity index (χ3n) is 6.40. The molecule has 1 aliphatic heterocycles. The van der Waals surface area contributed by atoms with E-state index in [1.54, 1.807) is 19.9 Å². The van der Waals surface area contributed by atoms with Gasteiger partial charge < -0.3 is 10.2 Å². The highest BCUT2D eigenvalue weighted by Crippen LogP contribution is 2.59. The molecule has 0 unspecified atom stereocenters. The van der Waals surface area contributed by atoms with E-state index in [0.29, 0.717) is 5.56 Å². The van der Waals surface area contributed by atoms with E-state index in [2.05, 4.69) is 10.3 Å². The van der Waals surface area contributed by atoms with Crippen molar-refractivity contribution < 1.29 is 31.5 Å². The van der Waals surface area contributed by atoms with Crippen LogP contribution in [0.4, 0.5) is 38.3 Å². The van der Waals surface area contributed by atoms with Crippen LogP contribution in [0.25, 0.3) is 0 Å². The van der Waals surface area contributed by atoms with Gasteiger partial charge in [0.1, 0.15) is 11.4 Å². The van der Waals surface area contributed by atoms with Gasteiger partial charge in [0.2, 0.25) is 0 Å². The van der Waals surface area contributed by atoms with Crippen LogP contribution in [-0.2, 0) is 16.8 Å². The van der Waals surface area contributed by atoms with Gasteiger partial charge in [-0.3, -0.25) is 4.79 Å². The number of carbonyl (C=O) groups is 2. The monoisotopic (exact) mass is 482 g/mol. The number of alkyl halides is 5. The first-order chi connectivity index (χ1) is 15.9. The number of carbonyl (C=O) groups excluding carboxylic acids is 2. The Bertz CT molecular complexity index is 1100. The highest BCUT2D eigenvalue weighted by atomic mass is 19.4. The third-order valence-corrected chi connectivity index (χ3v) is 6.40. The second-order valence-electron chi connectivity index (χ2n) is 9.02. The molecule has 1 aromatic heterocycles. The van der Waals surface area contributed by atoms with Gasteiger partial charge >= 0.3 is 12.2 Å². The average Bonchev–Trinajstić information content (AvgIpc) is 3.56. The molecule has 2 heterocycles. The lowest BCUT2D eigenvalue weighted by atomic mass is 9.95. The number of pyridine rings is 1. The van der Waals surface area contributed by atoms with Crippen molar-refractivity contribution in [2.75, 3.05) is 16.8 Å². The number of benzene rings is 1. The SMILES string of the molecule is CC1(C)C(=O)N(c2ccc(C3(C(F)(F)F)CC3)cc2)C(=O)N1Cc1ccnc(NCC(F)F)c1. The number of nitrogens with one attached hydrogen (secondary N) is 1. The molecule has 2 fully saturated rings. The molecule has 6 nitrogen and oxygen atoms in total. The highest BCUT2D eigenvalue weighted by molar-refractivity contribution is 6.22. The number of hydrogen-bond donors (Lipinski definition) is 1. The quantitative estimate of drug-likeness (QED) is 0.441. The first-order valence-electron chi connectivity index (χ1n) is 10.7. The summed E-state index contributed by atoms with van der Waals surface area (Å²) in [5, 5.41) is 2.50. The molecule has 0 spiro atoms. The number of urea groups is 1. The molecular weight excluding hydrogens is 459 g/mol. The summed E-state index contributed by atoms with van der Waals surface area (Å²) in [5.41, 5.74) is -2.23. The Kier molecular flexibility index (Phi) is 5.77. The zero-order valence-electron chi connectivity index (χ0n) is 18.5. The van der Waals surface area contributed by atoms with E-state index < -0.39 is 42.0 Å². The largest absolute Gasteiger partial charge is 0.398 e. The molecule has 2 aromatic rings. The molecular formula is C23H23F5N4O2. The molecule has 2 aliphatic rings. The first kappa shape index (κ1) is 23.9. The summed E-state index contributed by atoms with van der Waals surface area (Å²) in [6, 6.07) is 7.83. The second-order valence-corrected chi connectivity index (χ2v) is 9.02. The van der Waals surface area contributed by atoms with Crippen molar-refractivity contribution in [3.8, 4) is 0 Å². The summed E-state index contributed by atoms with van der Waals surface area (Å²) in [4.78, 5) is 32.6. The van der Waals surface area contributed by atoms with E-state index in [9.17, 15) is 31.5 Å².